The summed E-state index contributed by atoms with van der Waals surface area (Å²) in [5, 5.41) is 2.20. The van der Waals surface area contributed by atoms with E-state index in [1.165, 1.54) is 6.07 Å². The summed E-state index contributed by atoms with van der Waals surface area (Å²) in [6.07, 6.45) is 1.16. The fourth-order valence-electron chi connectivity index (χ4n) is 1.79. The number of sulfone groups is 1. The highest BCUT2D eigenvalue weighted by atomic mass is 32.2. The van der Waals surface area contributed by atoms with Crippen LogP contribution in [-0.2, 0) is 9.84 Å². The summed E-state index contributed by atoms with van der Waals surface area (Å²) in [6, 6.07) is 4.17. The Kier molecular flexibility index (Phi) is 4.27. The lowest BCUT2D eigenvalue weighted by atomic mass is 10.0. The summed E-state index contributed by atoms with van der Waals surface area (Å²) >= 11 is 0. The standard InChI is InChI=1S/C12H18FNO2S/c1-8-5-6-11(13)10(7-8)12(14-3)9(2)17(4,15)16/h5-7,9,12,14H,1-4H3. The summed E-state index contributed by atoms with van der Waals surface area (Å²) in [4.78, 5) is 0. The first-order valence-electron chi connectivity index (χ1n) is 5.39. The number of nitrogens with one attached hydrogen (secondary N) is 1. The molecule has 0 aliphatic heterocycles. The van der Waals surface area contributed by atoms with Gasteiger partial charge in [-0.15, -0.1) is 0 Å². The van der Waals surface area contributed by atoms with Crippen LogP contribution in [0.15, 0.2) is 18.2 Å². The third-order valence-corrected chi connectivity index (χ3v) is 4.57. The SMILES string of the molecule is CNC(c1cc(C)ccc1F)C(C)S(C)(=O)=O. The third kappa shape index (κ3) is 3.26. The zero-order valence-corrected chi connectivity index (χ0v) is 11.3. The predicted octanol–water partition coefficient (Wildman–Crippen LogP) is 1.83. The topological polar surface area (TPSA) is 46.2 Å². The number of hydrogen-bond acceptors (Lipinski definition) is 3. The van der Waals surface area contributed by atoms with E-state index in [4.69, 9.17) is 0 Å². The Morgan fingerprint density at radius 2 is 1.94 bits per heavy atom. The number of rotatable bonds is 4. The molecule has 1 rings (SSSR count). The second kappa shape index (κ2) is 5.14. The average molecular weight is 259 g/mol. The molecule has 0 aliphatic carbocycles. The van der Waals surface area contributed by atoms with E-state index in [9.17, 15) is 12.8 Å². The van der Waals surface area contributed by atoms with Gasteiger partial charge in [-0.05, 0) is 27.0 Å². The average Bonchev–Trinajstić information content (AvgIpc) is 2.22. The minimum Gasteiger partial charge on any atom is -0.312 e. The van der Waals surface area contributed by atoms with Gasteiger partial charge in [0.25, 0.3) is 0 Å². The highest BCUT2D eigenvalue weighted by Gasteiger charge is 2.28. The molecule has 5 heteroatoms. The van der Waals surface area contributed by atoms with E-state index in [-0.39, 0.29) is 5.82 Å². The number of aryl methyl sites for hydroxylation is 1. The van der Waals surface area contributed by atoms with Gasteiger partial charge in [-0.25, -0.2) is 12.8 Å². The molecule has 1 aromatic rings. The van der Waals surface area contributed by atoms with Gasteiger partial charge < -0.3 is 5.32 Å². The molecule has 0 spiro atoms. The van der Waals surface area contributed by atoms with Crippen LogP contribution >= 0.6 is 0 Å². The lowest BCUT2D eigenvalue weighted by Crippen LogP contribution is -2.33. The maximum absolute atomic E-state index is 13.7. The normalized spacial score (nSPS) is 15.6. The molecule has 0 bridgehead atoms. The van der Waals surface area contributed by atoms with Crippen molar-refractivity contribution in [1.29, 1.82) is 0 Å². The van der Waals surface area contributed by atoms with Gasteiger partial charge in [-0.2, -0.15) is 0 Å². The molecule has 17 heavy (non-hydrogen) atoms. The van der Waals surface area contributed by atoms with Crippen molar-refractivity contribution in [2.75, 3.05) is 13.3 Å². The van der Waals surface area contributed by atoms with Gasteiger partial charge in [0, 0.05) is 11.8 Å². The molecule has 2 unspecified atom stereocenters. The van der Waals surface area contributed by atoms with Crippen molar-refractivity contribution >= 4 is 9.84 Å². The number of hydrogen-bond donors (Lipinski definition) is 1. The highest BCUT2D eigenvalue weighted by molar-refractivity contribution is 7.91. The van der Waals surface area contributed by atoms with Crippen LogP contribution in [0.4, 0.5) is 4.39 Å². The Balaban J connectivity index is 3.23. The van der Waals surface area contributed by atoms with Gasteiger partial charge in [-0.3, -0.25) is 0 Å². The summed E-state index contributed by atoms with van der Waals surface area (Å²) in [7, 11) is -1.59. The van der Waals surface area contributed by atoms with Crippen LogP contribution in [-0.4, -0.2) is 27.0 Å². The van der Waals surface area contributed by atoms with E-state index in [0.717, 1.165) is 11.8 Å². The summed E-state index contributed by atoms with van der Waals surface area (Å²) in [5.74, 6) is -0.384. The Labute approximate surface area is 102 Å². The van der Waals surface area contributed by atoms with Gasteiger partial charge in [0.05, 0.1) is 11.3 Å². The second-order valence-corrected chi connectivity index (χ2v) is 6.73. The van der Waals surface area contributed by atoms with E-state index in [1.807, 2.05) is 6.92 Å². The van der Waals surface area contributed by atoms with Crippen molar-refractivity contribution < 1.29 is 12.8 Å². The number of benzene rings is 1. The van der Waals surface area contributed by atoms with Gasteiger partial charge in [0.2, 0.25) is 0 Å². The molecule has 3 nitrogen and oxygen atoms in total. The maximum Gasteiger partial charge on any atom is 0.151 e. The molecule has 0 saturated carbocycles. The minimum absolute atomic E-state index is 0.384. The second-order valence-electron chi connectivity index (χ2n) is 4.33. The lowest BCUT2D eigenvalue weighted by Gasteiger charge is -2.23. The van der Waals surface area contributed by atoms with Gasteiger partial charge >= 0.3 is 0 Å². The first-order chi connectivity index (χ1) is 7.77. The van der Waals surface area contributed by atoms with Gasteiger partial charge in [0.1, 0.15) is 5.82 Å². The molecule has 0 fully saturated rings. The Bertz CT molecular complexity index is 499. The zero-order valence-electron chi connectivity index (χ0n) is 10.5. The van der Waals surface area contributed by atoms with Gasteiger partial charge in [-0.1, -0.05) is 17.7 Å². The predicted molar refractivity (Wildman–Crippen MR) is 67.2 cm³/mol. The Morgan fingerprint density at radius 1 is 1.35 bits per heavy atom. The first-order valence-corrected chi connectivity index (χ1v) is 7.35. The summed E-state index contributed by atoms with van der Waals surface area (Å²) < 4.78 is 36.8. The van der Waals surface area contributed by atoms with E-state index in [1.54, 1.807) is 26.1 Å². The molecular weight excluding hydrogens is 241 g/mol. The summed E-state index contributed by atoms with van der Waals surface area (Å²) in [6.45, 7) is 3.43. The molecule has 96 valence electrons. The van der Waals surface area contributed by atoms with Crippen LogP contribution in [0.5, 0.6) is 0 Å². The lowest BCUT2D eigenvalue weighted by molar-refractivity contribution is 0.508. The van der Waals surface area contributed by atoms with Crippen molar-refractivity contribution in [2.24, 2.45) is 0 Å². The molecule has 1 aromatic carbocycles. The molecule has 0 aromatic heterocycles. The minimum atomic E-state index is -3.22. The van der Waals surface area contributed by atoms with Crippen molar-refractivity contribution in [3.05, 3.63) is 35.1 Å². The third-order valence-electron chi connectivity index (χ3n) is 2.94. The largest absolute Gasteiger partial charge is 0.312 e. The molecule has 0 heterocycles. The molecule has 2 atom stereocenters. The molecular formula is C12H18FNO2S. The molecule has 1 N–H and O–H groups in total. The summed E-state index contributed by atoms with van der Waals surface area (Å²) in [5.41, 5.74) is 1.30. The van der Waals surface area contributed by atoms with Crippen molar-refractivity contribution in [2.45, 2.75) is 25.1 Å². The van der Waals surface area contributed by atoms with Crippen molar-refractivity contribution in [3.63, 3.8) is 0 Å². The molecule has 0 amide bonds. The van der Waals surface area contributed by atoms with Crippen molar-refractivity contribution in [1.82, 2.24) is 5.32 Å². The van der Waals surface area contributed by atoms with Crippen LogP contribution in [0.25, 0.3) is 0 Å². The molecule has 0 radical (unpaired) electrons. The zero-order chi connectivity index (χ0) is 13.2. The maximum atomic E-state index is 13.7. The monoisotopic (exact) mass is 259 g/mol. The van der Waals surface area contributed by atoms with Crippen LogP contribution in [0.3, 0.4) is 0 Å². The highest BCUT2D eigenvalue weighted by Crippen LogP contribution is 2.24. The van der Waals surface area contributed by atoms with Crippen LogP contribution in [0, 0.1) is 12.7 Å². The molecule has 0 saturated heterocycles. The Hall–Kier alpha value is -0.940. The van der Waals surface area contributed by atoms with Crippen LogP contribution in [0.2, 0.25) is 0 Å². The molecule has 0 aliphatic rings. The first kappa shape index (κ1) is 14.1. The fourth-order valence-corrected chi connectivity index (χ4v) is 2.57. The van der Waals surface area contributed by atoms with E-state index >= 15 is 0 Å². The van der Waals surface area contributed by atoms with Crippen LogP contribution in [0.1, 0.15) is 24.1 Å². The quantitative estimate of drug-likeness (QED) is 0.897. The van der Waals surface area contributed by atoms with Crippen LogP contribution < -0.4 is 5.32 Å². The fraction of sp³-hybridized carbons (Fsp3) is 0.500. The number of halogens is 1. The smallest absolute Gasteiger partial charge is 0.151 e. The van der Waals surface area contributed by atoms with E-state index in [0.29, 0.717) is 5.56 Å². The van der Waals surface area contributed by atoms with E-state index in [2.05, 4.69) is 5.32 Å². The van der Waals surface area contributed by atoms with E-state index < -0.39 is 21.1 Å². The van der Waals surface area contributed by atoms with Crippen molar-refractivity contribution in [3.8, 4) is 0 Å². The Morgan fingerprint density at radius 3 is 2.41 bits per heavy atom. The van der Waals surface area contributed by atoms with Gasteiger partial charge in [0.15, 0.2) is 9.84 Å².